The van der Waals surface area contributed by atoms with Gasteiger partial charge in [0, 0.05) is 85.8 Å². The van der Waals surface area contributed by atoms with E-state index in [0.717, 1.165) is 91.7 Å². The van der Waals surface area contributed by atoms with E-state index in [9.17, 15) is 32.0 Å². The van der Waals surface area contributed by atoms with Gasteiger partial charge >= 0.3 is 10.2 Å². The summed E-state index contributed by atoms with van der Waals surface area (Å²) >= 11 is 0. The molecule has 18 heteroatoms. The lowest BCUT2D eigenvalue weighted by Gasteiger charge is -2.38. The summed E-state index contributed by atoms with van der Waals surface area (Å²) in [5.41, 5.74) is 4.18. The molecular weight excluding hydrogens is 874 g/mol. The number of alkyl halides is 1. The lowest BCUT2D eigenvalue weighted by molar-refractivity contribution is -0.136. The van der Waals surface area contributed by atoms with Gasteiger partial charge in [-0.1, -0.05) is 24.3 Å². The molecule has 0 spiro atoms. The zero-order chi connectivity index (χ0) is 45.9. The van der Waals surface area contributed by atoms with E-state index in [1.165, 1.54) is 11.8 Å². The van der Waals surface area contributed by atoms with Crippen LogP contribution in [0.25, 0.3) is 22.2 Å². The summed E-state index contributed by atoms with van der Waals surface area (Å²) in [6, 6.07) is 17.0. The van der Waals surface area contributed by atoms with Crippen LogP contribution in [0.15, 0.2) is 73.1 Å². The molecule has 0 bridgehead atoms. The predicted molar refractivity (Wildman–Crippen MR) is 241 cm³/mol. The molecule has 0 aliphatic carbocycles. The zero-order valence-electron chi connectivity index (χ0n) is 36.1. The number of carbonyl (C=O) groups excluding carboxylic acids is 4. The molecule has 4 saturated heterocycles. The fourth-order valence-electron chi connectivity index (χ4n) is 10.3. The van der Waals surface area contributed by atoms with Crippen molar-refractivity contribution in [3.05, 3.63) is 113 Å². The highest BCUT2D eigenvalue weighted by atomic mass is 32.2. The third-order valence-electron chi connectivity index (χ3n) is 14.1. The number of fused-ring (bicyclic) bond motifs is 2. The Balaban J connectivity index is 0.730. The number of piperidine rings is 3. The van der Waals surface area contributed by atoms with Crippen molar-refractivity contribution < 1.29 is 40.8 Å². The summed E-state index contributed by atoms with van der Waals surface area (Å²) in [6.45, 7) is 4.85. The number of amides is 3. The molecule has 0 unspecified atom stereocenters. The molecule has 5 aliphatic rings. The topological polar surface area (TPSA) is 168 Å². The number of halogens is 3. The number of anilines is 2. The summed E-state index contributed by atoms with van der Waals surface area (Å²) in [4.78, 5) is 65.0. The SMILES string of the molecule is O=C1CC[C@H](N2Cc3cc(C4CCN(CC5CCN(c6ccc(-c7cnc8[nH]cc(C(=O)c9c(F)ccc(NS(=O)(=O)N%10CC[C@@H](F)C%10)c9F)c8c7)cc6)CC5)CC4)ccc3C2=O)C(=O)N1. The van der Waals surface area contributed by atoms with Crippen LogP contribution in [0.3, 0.4) is 0 Å². The number of imide groups is 1. The van der Waals surface area contributed by atoms with Crippen LogP contribution in [0.5, 0.6) is 0 Å². The summed E-state index contributed by atoms with van der Waals surface area (Å²) in [5, 5.41) is 2.71. The highest BCUT2D eigenvalue weighted by Gasteiger charge is 2.40. The normalized spacial score (nSPS) is 21.5. The number of H-pyrrole nitrogens is 1. The average Bonchev–Trinajstić information content (AvgIpc) is 4.04. The minimum Gasteiger partial charge on any atom is -0.372 e. The fraction of sp³-hybridized carbons (Fsp3) is 0.396. The maximum absolute atomic E-state index is 15.8. The number of likely N-dealkylation sites (tertiary alicyclic amines) is 1. The fourth-order valence-corrected chi connectivity index (χ4v) is 11.6. The Morgan fingerprint density at radius 1 is 0.864 bits per heavy atom. The number of ketones is 1. The maximum Gasteiger partial charge on any atom is 0.301 e. The van der Waals surface area contributed by atoms with Crippen LogP contribution in [-0.4, -0.2) is 114 Å². The largest absolute Gasteiger partial charge is 0.372 e. The highest BCUT2D eigenvalue weighted by Crippen LogP contribution is 2.36. The average molecular weight is 923 g/mol. The van der Waals surface area contributed by atoms with E-state index >= 15 is 8.78 Å². The second kappa shape index (κ2) is 17.6. The van der Waals surface area contributed by atoms with Gasteiger partial charge in [0.05, 0.1) is 11.3 Å². The molecule has 0 saturated carbocycles. The molecule has 14 nitrogen and oxygen atoms in total. The summed E-state index contributed by atoms with van der Waals surface area (Å²) < 4.78 is 73.1. The second-order valence-electron chi connectivity index (χ2n) is 18.2. The molecule has 66 heavy (non-hydrogen) atoms. The van der Waals surface area contributed by atoms with Crippen molar-refractivity contribution in [3.63, 3.8) is 0 Å². The van der Waals surface area contributed by atoms with Crippen molar-refractivity contribution in [2.45, 2.75) is 69.6 Å². The molecule has 4 fully saturated rings. The number of rotatable bonds is 11. The molecule has 3 amide bonds. The van der Waals surface area contributed by atoms with Gasteiger partial charge in [0.25, 0.3) is 5.91 Å². The number of pyridine rings is 1. The van der Waals surface area contributed by atoms with E-state index in [4.69, 9.17) is 0 Å². The standard InChI is InChI=1S/C48H49F3N8O6S/c49-34-15-20-58(27-34)66(64,65)55-40-8-7-39(50)43(44(40)51)45(61)38-24-53-46-37(38)22-32(23-52-46)29-1-4-35(5-2-29)57-18-11-28(12-19-57)25-56-16-13-30(14-17-56)31-3-6-36-33(21-31)26-59(48(36)63)41-9-10-42(60)54-47(41)62/h1-8,21-24,28,30,34,41,55H,9-20,25-27H2,(H,52,53)(H,54,60,62)/t34-,41+/m1/s1. The minimum atomic E-state index is -4.35. The Morgan fingerprint density at radius 2 is 1.64 bits per heavy atom. The molecule has 2 aromatic heterocycles. The molecule has 0 radical (unpaired) electrons. The zero-order valence-corrected chi connectivity index (χ0v) is 36.9. The molecule has 344 valence electrons. The summed E-state index contributed by atoms with van der Waals surface area (Å²) in [7, 11) is -4.35. The van der Waals surface area contributed by atoms with Gasteiger partial charge in [-0.15, -0.1) is 0 Å². The Hall–Kier alpha value is -6.11. The molecule has 5 aliphatic heterocycles. The minimum absolute atomic E-state index is 0.00467. The molecule has 2 atom stereocenters. The quantitative estimate of drug-likeness (QED) is 0.102. The lowest BCUT2D eigenvalue weighted by atomic mass is 9.87. The van der Waals surface area contributed by atoms with Crippen LogP contribution in [-0.2, 0) is 26.3 Å². The number of carbonyl (C=O) groups is 4. The highest BCUT2D eigenvalue weighted by molar-refractivity contribution is 7.90. The van der Waals surface area contributed by atoms with Gasteiger partial charge in [-0.3, -0.25) is 29.2 Å². The number of hydrogen-bond donors (Lipinski definition) is 3. The van der Waals surface area contributed by atoms with Gasteiger partial charge in [-0.05, 0) is 117 Å². The third-order valence-corrected chi connectivity index (χ3v) is 15.6. The van der Waals surface area contributed by atoms with Gasteiger partial charge in [0.15, 0.2) is 5.82 Å². The van der Waals surface area contributed by atoms with Crippen LogP contribution in [0.1, 0.15) is 88.3 Å². The van der Waals surface area contributed by atoms with E-state index in [0.29, 0.717) is 47.0 Å². The predicted octanol–water partition coefficient (Wildman–Crippen LogP) is 6.30. The smallest absolute Gasteiger partial charge is 0.301 e. The van der Waals surface area contributed by atoms with E-state index in [-0.39, 0.29) is 43.3 Å². The van der Waals surface area contributed by atoms with Crippen molar-refractivity contribution in [2.75, 3.05) is 55.4 Å². The third kappa shape index (κ3) is 8.45. The Kier molecular flexibility index (Phi) is 11.7. The number of aromatic nitrogens is 2. The van der Waals surface area contributed by atoms with Crippen LogP contribution in [0.4, 0.5) is 24.5 Å². The van der Waals surface area contributed by atoms with Crippen LogP contribution < -0.4 is 14.9 Å². The van der Waals surface area contributed by atoms with Gasteiger partial charge < -0.3 is 19.7 Å². The Bertz CT molecular complexity index is 2860. The summed E-state index contributed by atoms with van der Waals surface area (Å²) in [6.07, 6.45) is 6.44. The van der Waals surface area contributed by atoms with Crippen molar-refractivity contribution >= 4 is 56.1 Å². The summed E-state index contributed by atoms with van der Waals surface area (Å²) in [5.74, 6) is -3.38. The first kappa shape index (κ1) is 43.8. The molecule has 10 rings (SSSR count). The Morgan fingerprint density at radius 3 is 2.36 bits per heavy atom. The molecular formula is C48H49F3N8O6S. The van der Waals surface area contributed by atoms with Crippen molar-refractivity contribution in [1.82, 2.24) is 29.4 Å². The first-order valence-electron chi connectivity index (χ1n) is 22.6. The Labute approximate surface area is 379 Å². The van der Waals surface area contributed by atoms with Gasteiger partial charge in [-0.25, -0.2) is 18.2 Å². The van der Waals surface area contributed by atoms with Crippen molar-refractivity contribution in [3.8, 4) is 11.1 Å². The van der Waals surface area contributed by atoms with E-state index < -0.39 is 57.0 Å². The molecule has 5 aromatic rings. The number of benzene rings is 3. The van der Waals surface area contributed by atoms with Crippen molar-refractivity contribution in [1.29, 1.82) is 0 Å². The lowest BCUT2D eigenvalue weighted by Crippen LogP contribution is -2.52. The maximum atomic E-state index is 15.8. The molecule has 3 N–H and O–H groups in total. The first-order valence-corrected chi connectivity index (χ1v) is 24.0. The number of aromatic amines is 1. The molecule has 7 heterocycles. The second-order valence-corrected chi connectivity index (χ2v) is 19.8. The van der Waals surface area contributed by atoms with Crippen molar-refractivity contribution in [2.24, 2.45) is 5.92 Å². The van der Waals surface area contributed by atoms with Gasteiger partial charge in [0.2, 0.25) is 17.6 Å². The number of nitrogens with one attached hydrogen (secondary N) is 3. The van der Waals surface area contributed by atoms with Crippen LogP contribution in [0, 0.1) is 17.6 Å². The van der Waals surface area contributed by atoms with E-state index in [2.05, 4.69) is 49.4 Å². The number of hydrogen-bond acceptors (Lipinski definition) is 9. The van der Waals surface area contributed by atoms with Gasteiger partial charge in [0.1, 0.15) is 23.7 Å². The van der Waals surface area contributed by atoms with Crippen LogP contribution >= 0.6 is 0 Å². The van der Waals surface area contributed by atoms with E-state index in [1.54, 1.807) is 17.2 Å². The first-order chi connectivity index (χ1) is 31.8. The number of nitrogens with zero attached hydrogens (tertiary/aromatic N) is 5. The molecule has 3 aromatic carbocycles. The van der Waals surface area contributed by atoms with Crippen LogP contribution in [0.2, 0.25) is 0 Å². The van der Waals surface area contributed by atoms with E-state index in [1.807, 2.05) is 22.9 Å². The van der Waals surface area contributed by atoms with Gasteiger partial charge in [-0.2, -0.15) is 12.7 Å². The monoisotopic (exact) mass is 922 g/mol.